The Morgan fingerprint density at radius 1 is 1.25 bits per heavy atom. The van der Waals surface area contributed by atoms with Crippen molar-refractivity contribution in [1.82, 2.24) is 5.32 Å². The molecule has 0 aromatic heterocycles. The molecule has 0 aromatic rings. The molecule has 0 aromatic carbocycles. The smallest absolute Gasteiger partial charge is 0.251 e. The minimum Gasteiger partial charge on any atom is -0.304 e. The minimum atomic E-state index is -2.49. The molecule has 3 atom stereocenters. The molecule has 4 aliphatic rings. The summed E-state index contributed by atoms with van der Waals surface area (Å²) in [6.45, 7) is 0. The second-order valence-corrected chi connectivity index (χ2v) is 8.03. The molecule has 20 heavy (non-hydrogen) atoms. The fraction of sp³-hybridized carbons (Fsp3) is 0.857. The van der Waals surface area contributed by atoms with Crippen LogP contribution < -0.4 is 5.32 Å². The van der Waals surface area contributed by atoms with Gasteiger partial charge in [-0.25, -0.2) is 8.78 Å². The number of halogens is 2. The van der Waals surface area contributed by atoms with Crippen molar-refractivity contribution in [2.75, 3.05) is 0 Å². The van der Waals surface area contributed by atoms with Gasteiger partial charge in [-0.3, -0.25) is 9.79 Å². The number of amidine groups is 1. The molecule has 1 saturated heterocycles. The molecule has 1 spiro atoms. The highest BCUT2D eigenvalue weighted by Gasteiger charge is 2.57. The number of alkyl halides is 2. The van der Waals surface area contributed by atoms with E-state index in [0.29, 0.717) is 18.0 Å². The summed E-state index contributed by atoms with van der Waals surface area (Å²) in [7, 11) is 0. The maximum atomic E-state index is 13.5. The standard InChI is InChI=1S/C14H18F2N2OS/c15-14(16)7-8-5-9(14)6-10(8)17-12-18-11(19)13(20-12)3-1-2-4-13/h8-10H,1-7H2,(H,17,18,19)/t8-,9?,10?/m0/s1. The van der Waals surface area contributed by atoms with Gasteiger partial charge in [0, 0.05) is 12.3 Å². The van der Waals surface area contributed by atoms with E-state index in [-0.39, 0.29) is 29.0 Å². The van der Waals surface area contributed by atoms with Crippen LogP contribution in [0, 0.1) is 11.8 Å². The molecule has 3 saturated carbocycles. The molecule has 0 radical (unpaired) electrons. The number of fused-ring (bicyclic) bond motifs is 2. The van der Waals surface area contributed by atoms with E-state index >= 15 is 0 Å². The van der Waals surface area contributed by atoms with Gasteiger partial charge in [0.25, 0.3) is 5.92 Å². The van der Waals surface area contributed by atoms with Crippen LogP contribution in [0.2, 0.25) is 0 Å². The van der Waals surface area contributed by atoms with E-state index in [1.165, 1.54) is 0 Å². The van der Waals surface area contributed by atoms with Crippen LogP contribution >= 0.6 is 11.8 Å². The summed E-state index contributed by atoms with van der Waals surface area (Å²) >= 11 is 1.54. The average Bonchev–Trinajstić information content (AvgIpc) is 3.08. The molecule has 1 aliphatic heterocycles. The lowest BCUT2D eigenvalue weighted by Gasteiger charge is -2.25. The van der Waals surface area contributed by atoms with E-state index in [1.54, 1.807) is 11.8 Å². The van der Waals surface area contributed by atoms with Crippen molar-refractivity contribution in [3.05, 3.63) is 0 Å². The molecule has 3 aliphatic carbocycles. The summed E-state index contributed by atoms with van der Waals surface area (Å²) in [6.07, 6.45) is 5.06. The van der Waals surface area contributed by atoms with Crippen molar-refractivity contribution in [3.63, 3.8) is 0 Å². The maximum absolute atomic E-state index is 13.5. The Hall–Kier alpha value is -0.650. The fourth-order valence-electron chi connectivity index (χ4n) is 4.29. The van der Waals surface area contributed by atoms with Crippen LogP contribution in [0.4, 0.5) is 8.78 Å². The third-order valence-corrected chi connectivity index (χ3v) is 6.79. The highest BCUT2D eigenvalue weighted by molar-refractivity contribution is 8.16. The highest BCUT2D eigenvalue weighted by Crippen LogP contribution is 2.55. The first-order chi connectivity index (χ1) is 9.48. The Morgan fingerprint density at radius 3 is 2.60 bits per heavy atom. The normalized spacial score (nSPS) is 42.8. The van der Waals surface area contributed by atoms with Gasteiger partial charge in [0.05, 0.1) is 6.04 Å². The van der Waals surface area contributed by atoms with Gasteiger partial charge < -0.3 is 5.32 Å². The number of thioether (sulfide) groups is 1. The maximum Gasteiger partial charge on any atom is 0.251 e. The number of amides is 1. The molecular formula is C14H18F2N2OS. The van der Waals surface area contributed by atoms with Crippen molar-refractivity contribution in [2.24, 2.45) is 16.8 Å². The van der Waals surface area contributed by atoms with Gasteiger partial charge in [-0.05, 0) is 31.6 Å². The number of carbonyl (C=O) groups excluding carboxylic acids is 1. The van der Waals surface area contributed by atoms with Gasteiger partial charge in [-0.15, -0.1) is 0 Å². The largest absolute Gasteiger partial charge is 0.304 e. The topological polar surface area (TPSA) is 41.5 Å². The number of carbonyl (C=O) groups is 1. The molecule has 4 fully saturated rings. The van der Waals surface area contributed by atoms with Crippen molar-refractivity contribution in [3.8, 4) is 0 Å². The Balaban J connectivity index is 1.49. The van der Waals surface area contributed by atoms with Crippen molar-refractivity contribution in [2.45, 2.75) is 61.7 Å². The summed E-state index contributed by atoms with van der Waals surface area (Å²) in [5, 5.41) is 3.56. The van der Waals surface area contributed by atoms with Crippen LogP contribution in [-0.4, -0.2) is 27.8 Å². The molecule has 1 amide bonds. The number of aliphatic imine (C=N–C) groups is 1. The van der Waals surface area contributed by atoms with Gasteiger partial charge >= 0.3 is 0 Å². The van der Waals surface area contributed by atoms with Crippen LogP contribution in [0.1, 0.15) is 44.9 Å². The lowest BCUT2D eigenvalue weighted by atomic mass is 9.93. The number of rotatable bonds is 1. The lowest BCUT2D eigenvalue weighted by Crippen LogP contribution is -2.34. The average molecular weight is 300 g/mol. The monoisotopic (exact) mass is 300 g/mol. The fourth-order valence-corrected chi connectivity index (χ4v) is 5.63. The molecule has 1 heterocycles. The van der Waals surface area contributed by atoms with E-state index in [0.717, 1.165) is 25.7 Å². The SMILES string of the molecule is O=C1NC(=NC2CC3C[C@H]2CC3(F)F)SC12CCCC2. The number of nitrogens with one attached hydrogen (secondary N) is 1. The number of hydrogen-bond donors (Lipinski definition) is 1. The number of nitrogens with zero attached hydrogens (tertiary/aromatic N) is 1. The quantitative estimate of drug-likeness (QED) is 0.809. The third kappa shape index (κ3) is 1.83. The van der Waals surface area contributed by atoms with Crippen LogP contribution in [0.3, 0.4) is 0 Å². The minimum absolute atomic E-state index is 0.000120. The molecule has 4 rings (SSSR count). The molecule has 2 bridgehead atoms. The summed E-state index contributed by atoms with van der Waals surface area (Å²) in [4.78, 5) is 16.7. The first-order valence-corrected chi connectivity index (χ1v) is 8.26. The van der Waals surface area contributed by atoms with E-state index in [1.807, 2.05) is 0 Å². The zero-order valence-corrected chi connectivity index (χ0v) is 12.0. The summed E-state index contributed by atoms with van der Waals surface area (Å²) in [5.74, 6) is -2.91. The number of hydrogen-bond acceptors (Lipinski definition) is 3. The van der Waals surface area contributed by atoms with Gasteiger partial charge in [0.2, 0.25) is 5.91 Å². The first-order valence-electron chi connectivity index (χ1n) is 7.45. The Bertz CT molecular complexity index is 488. The third-order valence-electron chi connectivity index (χ3n) is 5.41. The molecular weight excluding hydrogens is 282 g/mol. The Kier molecular flexibility index (Phi) is 2.73. The molecule has 1 N–H and O–H groups in total. The molecule has 3 nitrogen and oxygen atoms in total. The van der Waals surface area contributed by atoms with Crippen LogP contribution in [0.5, 0.6) is 0 Å². The van der Waals surface area contributed by atoms with Gasteiger partial charge in [0.1, 0.15) is 4.75 Å². The van der Waals surface area contributed by atoms with Crippen molar-refractivity contribution < 1.29 is 13.6 Å². The molecule has 6 heteroatoms. The predicted octanol–water partition coefficient (Wildman–Crippen LogP) is 2.95. The highest BCUT2D eigenvalue weighted by atomic mass is 32.2. The van der Waals surface area contributed by atoms with E-state index in [4.69, 9.17) is 0 Å². The zero-order valence-electron chi connectivity index (χ0n) is 11.2. The van der Waals surface area contributed by atoms with Crippen LogP contribution in [0.25, 0.3) is 0 Å². The van der Waals surface area contributed by atoms with Crippen molar-refractivity contribution >= 4 is 22.8 Å². The van der Waals surface area contributed by atoms with E-state index < -0.39 is 11.8 Å². The van der Waals surface area contributed by atoms with Gasteiger partial charge in [-0.2, -0.15) is 0 Å². The molecule has 2 unspecified atom stereocenters. The first kappa shape index (κ1) is 13.0. The van der Waals surface area contributed by atoms with E-state index in [9.17, 15) is 13.6 Å². The second-order valence-electron chi connectivity index (χ2n) is 6.65. The summed E-state index contributed by atoms with van der Waals surface area (Å²) in [5.41, 5.74) is 0. The second kappa shape index (κ2) is 4.18. The van der Waals surface area contributed by atoms with Gasteiger partial charge in [0.15, 0.2) is 5.17 Å². The van der Waals surface area contributed by atoms with Crippen LogP contribution in [0.15, 0.2) is 4.99 Å². The Morgan fingerprint density at radius 2 is 2.00 bits per heavy atom. The lowest BCUT2D eigenvalue weighted by molar-refractivity contribution is -0.121. The summed E-state index contributed by atoms with van der Waals surface area (Å²) in [6, 6.07) is -0.0148. The molecule has 110 valence electrons. The van der Waals surface area contributed by atoms with E-state index in [2.05, 4.69) is 10.3 Å². The Labute approximate surface area is 121 Å². The predicted molar refractivity (Wildman–Crippen MR) is 73.9 cm³/mol. The van der Waals surface area contributed by atoms with Crippen molar-refractivity contribution in [1.29, 1.82) is 0 Å². The van der Waals surface area contributed by atoms with Gasteiger partial charge in [-0.1, -0.05) is 24.6 Å². The zero-order chi connectivity index (χ0) is 14.0. The van der Waals surface area contributed by atoms with Crippen LogP contribution in [-0.2, 0) is 4.79 Å². The summed E-state index contributed by atoms with van der Waals surface area (Å²) < 4.78 is 26.7.